The Morgan fingerprint density at radius 1 is 0.870 bits per heavy atom. The van der Waals surface area contributed by atoms with Crippen molar-refractivity contribution in [1.82, 2.24) is 0 Å². The maximum atomic E-state index is 13.0. The smallest absolute Gasteiger partial charge is 0.175 e. The van der Waals surface area contributed by atoms with Crippen LogP contribution in [0.5, 0.6) is 0 Å². The summed E-state index contributed by atoms with van der Waals surface area (Å²) in [7, 11) is 0. The summed E-state index contributed by atoms with van der Waals surface area (Å²) >= 11 is 5.43. The van der Waals surface area contributed by atoms with Crippen molar-refractivity contribution >= 4 is 28.7 Å². The predicted molar refractivity (Wildman–Crippen MR) is 101 cm³/mol. The minimum Gasteiger partial charge on any atom is -0.332 e. The molecule has 0 spiro atoms. The Morgan fingerprint density at radius 3 is 1.87 bits per heavy atom. The second-order valence-electron chi connectivity index (χ2n) is 6.21. The van der Waals surface area contributed by atoms with Crippen molar-refractivity contribution in [1.29, 1.82) is 0 Å². The van der Waals surface area contributed by atoms with Gasteiger partial charge in [-0.25, -0.2) is 4.39 Å². The van der Waals surface area contributed by atoms with Crippen LogP contribution in [-0.4, -0.2) is 5.11 Å². The van der Waals surface area contributed by atoms with Gasteiger partial charge in [-0.1, -0.05) is 45.9 Å². The van der Waals surface area contributed by atoms with Crippen molar-refractivity contribution in [3.63, 3.8) is 0 Å². The highest BCUT2D eigenvalue weighted by molar-refractivity contribution is 7.80. The number of halogens is 1. The van der Waals surface area contributed by atoms with Crippen LogP contribution in [0.1, 0.15) is 50.7 Å². The van der Waals surface area contributed by atoms with Gasteiger partial charge in [-0.2, -0.15) is 0 Å². The van der Waals surface area contributed by atoms with Crippen LogP contribution in [0.15, 0.2) is 42.5 Å². The van der Waals surface area contributed by atoms with Crippen molar-refractivity contribution < 1.29 is 4.39 Å². The third kappa shape index (κ3) is 4.52. The molecule has 0 aliphatic rings. The van der Waals surface area contributed by atoms with Crippen molar-refractivity contribution in [3.8, 4) is 0 Å². The summed E-state index contributed by atoms with van der Waals surface area (Å²) < 4.78 is 13.0. The molecule has 122 valence electrons. The number of benzene rings is 2. The lowest BCUT2D eigenvalue weighted by atomic mass is 9.93. The molecule has 0 fully saturated rings. The van der Waals surface area contributed by atoms with E-state index in [4.69, 9.17) is 12.2 Å². The number of nitrogens with one attached hydrogen (secondary N) is 2. The standard InChI is InChI=1S/C19H23FN2S/c1-12(2)16-6-5-7-17(13(3)4)18(16)22-19(23)21-15-10-8-14(20)9-11-15/h5-13H,1-4H3,(H2,21,22,23). The minimum absolute atomic E-state index is 0.262. The monoisotopic (exact) mass is 330 g/mol. The third-order valence-corrected chi connectivity index (χ3v) is 3.92. The lowest BCUT2D eigenvalue weighted by Gasteiger charge is -2.21. The quantitative estimate of drug-likeness (QED) is 0.684. The Morgan fingerprint density at radius 2 is 1.39 bits per heavy atom. The van der Waals surface area contributed by atoms with Crippen LogP contribution in [0.25, 0.3) is 0 Å². The van der Waals surface area contributed by atoms with E-state index >= 15 is 0 Å². The summed E-state index contributed by atoms with van der Waals surface area (Å²) in [6.07, 6.45) is 0. The van der Waals surface area contributed by atoms with Crippen molar-refractivity contribution in [2.75, 3.05) is 10.6 Å². The second-order valence-corrected chi connectivity index (χ2v) is 6.62. The molecule has 0 heterocycles. The van der Waals surface area contributed by atoms with Gasteiger partial charge in [0, 0.05) is 11.4 Å². The van der Waals surface area contributed by atoms with Crippen LogP contribution in [0.2, 0.25) is 0 Å². The molecular weight excluding hydrogens is 307 g/mol. The third-order valence-electron chi connectivity index (χ3n) is 3.71. The van der Waals surface area contributed by atoms with Gasteiger partial charge in [-0.15, -0.1) is 0 Å². The minimum atomic E-state index is -0.262. The number of hydrogen-bond donors (Lipinski definition) is 2. The maximum Gasteiger partial charge on any atom is 0.175 e. The predicted octanol–water partition coefficient (Wildman–Crippen LogP) is 5.88. The van der Waals surface area contributed by atoms with Gasteiger partial charge in [0.2, 0.25) is 0 Å². The van der Waals surface area contributed by atoms with E-state index in [2.05, 4.69) is 56.5 Å². The number of rotatable bonds is 4. The molecule has 2 aromatic carbocycles. The maximum absolute atomic E-state index is 13.0. The zero-order valence-electron chi connectivity index (χ0n) is 14.0. The van der Waals surface area contributed by atoms with Crippen LogP contribution < -0.4 is 10.6 Å². The van der Waals surface area contributed by atoms with Gasteiger partial charge in [-0.05, 0) is 59.4 Å². The molecule has 2 aromatic rings. The van der Waals surface area contributed by atoms with Gasteiger partial charge in [0.05, 0.1) is 0 Å². The Hall–Kier alpha value is -1.94. The summed E-state index contributed by atoms with van der Waals surface area (Å²) in [4.78, 5) is 0. The molecule has 0 saturated heterocycles. The van der Waals surface area contributed by atoms with Gasteiger partial charge in [0.1, 0.15) is 5.82 Å². The molecule has 2 N–H and O–H groups in total. The normalized spacial score (nSPS) is 10.9. The van der Waals surface area contributed by atoms with Crippen LogP contribution in [-0.2, 0) is 0 Å². The highest BCUT2D eigenvalue weighted by atomic mass is 32.1. The number of thiocarbonyl (C=S) groups is 1. The highest BCUT2D eigenvalue weighted by Gasteiger charge is 2.14. The van der Waals surface area contributed by atoms with E-state index in [9.17, 15) is 4.39 Å². The molecule has 0 amide bonds. The Labute approximate surface area is 143 Å². The SMILES string of the molecule is CC(C)c1cccc(C(C)C)c1NC(=S)Nc1ccc(F)cc1. The Kier molecular flexibility index (Phi) is 5.72. The summed E-state index contributed by atoms with van der Waals surface area (Å²) in [5.74, 6) is 0.524. The topological polar surface area (TPSA) is 24.1 Å². The first kappa shape index (κ1) is 17.4. The zero-order valence-corrected chi connectivity index (χ0v) is 14.8. The summed E-state index contributed by atoms with van der Waals surface area (Å²) in [6, 6.07) is 12.5. The fourth-order valence-electron chi connectivity index (χ4n) is 2.50. The van der Waals surface area contributed by atoms with E-state index in [1.54, 1.807) is 12.1 Å². The number of para-hydroxylation sites is 1. The van der Waals surface area contributed by atoms with Gasteiger partial charge < -0.3 is 10.6 Å². The molecule has 23 heavy (non-hydrogen) atoms. The molecule has 2 nitrogen and oxygen atoms in total. The molecular formula is C19H23FN2S. The highest BCUT2D eigenvalue weighted by Crippen LogP contribution is 2.32. The van der Waals surface area contributed by atoms with Gasteiger partial charge in [-0.3, -0.25) is 0 Å². The molecule has 0 aliphatic carbocycles. The Bertz CT molecular complexity index is 652. The first-order chi connectivity index (χ1) is 10.9. The van der Waals surface area contributed by atoms with Gasteiger partial charge in [0.25, 0.3) is 0 Å². The van der Waals surface area contributed by atoms with E-state index in [-0.39, 0.29) is 5.82 Å². The molecule has 0 bridgehead atoms. The van der Waals surface area contributed by atoms with Crippen LogP contribution in [0.3, 0.4) is 0 Å². The van der Waals surface area contributed by atoms with E-state index < -0.39 is 0 Å². The van der Waals surface area contributed by atoms with E-state index in [1.807, 2.05) is 0 Å². The van der Waals surface area contributed by atoms with Crippen LogP contribution in [0.4, 0.5) is 15.8 Å². The second kappa shape index (κ2) is 7.55. The van der Waals surface area contributed by atoms with Crippen molar-refractivity contribution in [2.24, 2.45) is 0 Å². The van der Waals surface area contributed by atoms with Crippen LogP contribution >= 0.6 is 12.2 Å². The first-order valence-electron chi connectivity index (χ1n) is 7.85. The van der Waals surface area contributed by atoms with E-state index in [0.717, 1.165) is 11.4 Å². The van der Waals surface area contributed by atoms with Crippen molar-refractivity contribution in [2.45, 2.75) is 39.5 Å². The van der Waals surface area contributed by atoms with Crippen molar-refractivity contribution in [3.05, 3.63) is 59.4 Å². The molecule has 0 saturated carbocycles. The average Bonchev–Trinajstić information content (AvgIpc) is 2.49. The molecule has 0 aromatic heterocycles. The zero-order chi connectivity index (χ0) is 17.0. The van der Waals surface area contributed by atoms with Crippen LogP contribution in [0, 0.1) is 5.82 Å². The van der Waals surface area contributed by atoms with E-state index in [1.165, 1.54) is 23.3 Å². The molecule has 0 aliphatic heterocycles. The Balaban J connectivity index is 2.24. The number of anilines is 2. The number of hydrogen-bond acceptors (Lipinski definition) is 1. The average molecular weight is 330 g/mol. The summed E-state index contributed by atoms with van der Waals surface area (Å²) in [5.41, 5.74) is 4.30. The molecule has 0 radical (unpaired) electrons. The fraction of sp³-hybridized carbons (Fsp3) is 0.316. The first-order valence-corrected chi connectivity index (χ1v) is 8.25. The van der Waals surface area contributed by atoms with E-state index in [0.29, 0.717) is 16.9 Å². The van der Waals surface area contributed by atoms with Gasteiger partial charge >= 0.3 is 0 Å². The largest absolute Gasteiger partial charge is 0.332 e. The lowest BCUT2D eigenvalue weighted by molar-refractivity contribution is 0.628. The fourth-order valence-corrected chi connectivity index (χ4v) is 2.72. The molecule has 0 atom stereocenters. The molecule has 4 heteroatoms. The molecule has 2 rings (SSSR count). The summed E-state index contributed by atoms with van der Waals surface area (Å²) in [5, 5.41) is 6.94. The molecule has 0 unspecified atom stereocenters. The van der Waals surface area contributed by atoms with Gasteiger partial charge in [0.15, 0.2) is 5.11 Å². The lowest BCUT2D eigenvalue weighted by Crippen LogP contribution is -2.21. The summed E-state index contributed by atoms with van der Waals surface area (Å²) in [6.45, 7) is 8.67.